The van der Waals surface area contributed by atoms with E-state index in [0.29, 0.717) is 23.1 Å². The summed E-state index contributed by atoms with van der Waals surface area (Å²) < 4.78 is 23.7. The SMILES string of the molecule is COc1cc(C=CC(=O)N2C[C@H](C)N(Cc3ccc(F)cc3)C[C@H]2C)cc(Cl)c1OC. The Morgan fingerprint density at radius 3 is 2.48 bits per heavy atom. The first kappa shape index (κ1) is 23.1. The van der Waals surface area contributed by atoms with Crippen LogP contribution in [0.25, 0.3) is 6.08 Å². The molecule has 0 bridgehead atoms. The number of rotatable bonds is 6. The molecule has 1 aliphatic heterocycles. The summed E-state index contributed by atoms with van der Waals surface area (Å²) in [5.74, 6) is 0.695. The van der Waals surface area contributed by atoms with Crippen molar-refractivity contribution in [3.05, 3.63) is 64.4 Å². The predicted octanol–water partition coefficient (Wildman–Crippen LogP) is 4.63. The summed E-state index contributed by atoms with van der Waals surface area (Å²) in [6.07, 6.45) is 3.30. The van der Waals surface area contributed by atoms with E-state index in [-0.39, 0.29) is 23.8 Å². The van der Waals surface area contributed by atoms with Crippen molar-refractivity contribution in [2.75, 3.05) is 27.3 Å². The van der Waals surface area contributed by atoms with E-state index < -0.39 is 0 Å². The van der Waals surface area contributed by atoms with Gasteiger partial charge in [0.25, 0.3) is 0 Å². The second kappa shape index (κ2) is 10.2. The number of methoxy groups -OCH3 is 2. The molecule has 0 radical (unpaired) electrons. The number of benzene rings is 2. The molecule has 0 unspecified atom stereocenters. The minimum Gasteiger partial charge on any atom is -0.493 e. The number of hydrogen-bond acceptors (Lipinski definition) is 4. The summed E-state index contributed by atoms with van der Waals surface area (Å²) in [5, 5.41) is 0.422. The van der Waals surface area contributed by atoms with Crippen LogP contribution in [-0.2, 0) is 11.3 Å². The number of nitrogens with zero attached hydrogens (tertiary/aromatic N) is 2. The number of ether oxygens (including phenoxy) is 2. The summed E-state index contributed by atoms with van der Waals surface area (Å²) in [6.45, 7) is 6.25. The van der Waals surface area contributed by atoms with Gasteiger partial charge >= 0.3 is 0 Å². The Bertz CT molecular complexity index is 949. The van der Waals surface area contributed by atoms with E-state index in [0.717, 1.165) is 24.2 Å². The van der Waals surface area contributed by atoms with Gasteiger partial charge < -0.3 is 14.4 Å². The number of piperazine rings is 1. The monoisotopic (exact) mass is 446 g/mol. The zero-order valence-corrected chi connectivity index (χ0v) is 19.0. The largest absolute Gasteiger partial charge is 0.493 e. The van der Waals surface area contributed by atoms with Gasteiger partial charge in [-0.25, -0.2) is 4.39 Å². The Balaban J connectivity index is 1.66. The van der Waals surface area contributed by atoms with Gasteiger partial charge in [-0.15, -0.1) is 0 Å². The Hall–Kier alpha value is -2.57. The number of carbonyl (C=O) groups excluding carboxylic acids is 1. The van der Waals surface area contributed by atoms with Gasteiger partial charge in [0.2, 0.25) is 5.91 Å². The molecule has 3 rings (SSSR count). The highest BCUT2D eigenvalue weighted by atomic mass is 35.5. The smallest absolute Gasteiger partial charge is 0.246 e. The molecule has 2 atom stereocenters. The molecule has 0 aromatic heterocycles. The first-order valence-corrected chi connectivity index (χ1v) is 10.6. The highest BCUT2D eigenvalue weighted by Crippen LogP contribution is 2.36. The van der Waals surface area contributed by atoms with Crippen molar-refractivity contribution in [1.82, 2.24) is 9.80 Å². The fourth-order valence-electron chi connectivity index (χ4n) is 3.85. The third kappa shape index (κ3) is 5.57. The maximum absolute atomic E-state index is 13.2. The molecule has 2 aromatic carbocycles. The molecule has 0 saturated carbocycles. The van der Waals surface area contributed by atoms with Crippen molar-refractivity contribution in [3.63, 3.8) is 0 Å². The lowest BCUT2D eigenvalue weighted by Gasteiger charge is -2.44. The van der Waals surface area contributed by atoms with Crippen LogP contribution in [0.1, 0.15) is 25.0 Å². The summed E-state index contributed by atoms with van der Waals surface area (Å²) in [6, 6.07) is 10.3. The maximum atomic E-state index is 13.2. The fraction of sp³-hybridized carbons (Fsp3) is 0.375. The minimum atomic E-state index is -0.233. The Morgan fingerprint density at radius 1 is 1.13 bits per heavy atom. The van der Waals surface area contributed by atoms with Crippen molar-refractivity contribution in [2.24, 2.45) is 0 Å². The van der Waals surface area contributed by atoms with Crippen molar-refractivity contribution < 1.29 is 18.7 Å². The Morgan fingerprint density at radius 2 is 1.84 bits per heavy atom. The van der Waals surface area contributed by atoms with Crippen LogP contribution in [0, 0.1) is 5.82 Å². The van der Waals surface area contributed by atoms with E-state index in [1.807, 2.05) is 11.8 Å². The van der Waals surface area contributed by atoms with Crippen molar-refractivity contribution >= 4 is 23.6 Å². The summed E-state index contributed by atoms with van der Waals surface area (Å²) in [7, 11) is 3.07. The van der Waals surface area contributed by atoms with E-state index in [1.165, 1.54) is 19.2 Å². The molecular weight excluding hydrogens is 419 g/mol. The Kier molecular flexibility index (Phi) is 7.57. The first-order chi connectivity index (χ1) is 14.8. The van der Waals surface area contributed by atoms with Gasteiger partial charge in [-0.3, -0.25) is 9.69 Å². The molecule has 0 aliphatic carbocycles. The second-order valence-electron chi connectivity index (χ2n) is 7.82. The quantitative estimate of drug-likeness (QED) is 0.607. The molecule has 0 N–H and O–H groups in total. The van der Waals surface area contributed by atoms with Gasteiger partial charge in [0.05, 0.1) is 19.2 Å². The second-order valence-corrected chi connectivity index (χ2v) is 8.22. The van der Waals surface area contributed by atoms with Crippen LogP contribution < -0.4 is 9.47 Å². The third-order valence-electron chi connectivity index (χ3n) is 5.57. The van der Waals surface area contributed by atoms with E-state index in [4.69, 9.17) is 21.1 Å². The van der Waals surface area contributed by atoms with Gasteiger partial charge in [0.1, 0.15) is 5.82 Å². The van der Waals surface area contributed by atoms with Gasteiger partial charge in [0.15, 0.2) is 11.5 Å². The normalized spacial score (nSPS) is 19.6. The van der Waals surface area contributed by atoms with Crippen LogP contribution in [0.15, 0.2) is 42.5 Å². The fourth-order valence-corrected chi connectivity index (χ4v) is 4.14. The summed E-state index contributed by atoms with van der Waals surface area (Å²) in [4.78, 5) is 17.1. The molecule has 0 spiro atoms. The molecule has 5 nitrogen and oxygen atoms in total. The van der Waals surface area contributed by atoms with E-state index >= 15 is 0 Å². The van der Waals surface area contributed by atoms with Gasteiger partial charge in [-0.2, -0.15) is 0 Å². The predicted molar refractivity (Wildman–Crippen MR) is 121 cm³/mol. The highest BCUT2D eigenvalue weighted by Gasteiger charge is 2.31. The van der Waals surface area contributed by atoms with Gasteiger partial charge in [0, 0.05) is 37.8 Å². The summed E-state index contributed by atoms with van der Waals surface area (Å²) in [5.41, 5.74) is 1.82. The number of halogens is 2. The van der Waals surface area contributed by atoms with Crippen molar-refractivity contribution in [2.45, 2.75) is 32.5 Å². The standard InChI is InChI=1S/C24H28ClFN2O3/c1-16-14-28(17(2)13-27(16)15-18-5-8-20(26)9-6-18)23(29)10-7-19-11-21(25)24(31-4)22(12-19)30-3/h5-12,16-17H,13-15H2,1-4H3/t16-,17+/m0/s1. The van der Waals surface area contributed by atoms with Crippen LogP contribution in [0.4, 0.5) is 4.39 Å². The highest BCUT2D eigenvalue weighted by molar-refractivity contribution is 6.32. The third-order valence-corrected chi connectivity index (χ3v) is 5.85. The number of amides is 1. The molecule has 1 amide bonds. The van der Waals surface area contributed by atoms with Crippen molar-refractivity contribution in [1.29, 1.82) is 0 Å². The molecular formula is C24H28ClFN2O3. The lowest BCUT2D eigenvalue weighted by atomic mass is 10.1. The topological polar surface area (TPSA) is 42.0 Å². The van der Waals surface area contributed by atoms with Crippen LogP contribution in [0.5, 0.6) is 11.5 Å². The van der Waals surface area contributed by atoms with Crippen LogP contribution >= 0.6 is 11.6 Å². The summed E-state index contributed by atoms with van der Waals surface area (Å²) >= 11 is 6.25. The molecule has 31 heavy (non-hydrogen) atoms. The van der Waals surface area contributed by atoms with Crippen molar-refractivity contribution in [3.8, 4) is 11.5 Å². The Labute approximate surface area is 188 Å². The minimum absolute atomic E-state index is 0.0494. The molecule has 7 heteroatoms. The van der Waals surface area contributed by atoms with Gasteiger partial charge in [-0.1, -0.05) is 23.7 Å². The first-order valence-electron chi connectivity index (χ1n) is 10.2. The molecule has 1 heterocycles. The van der Waals surface area contributed by atoms with E-state index in [2.05, 4.69) is 11.8 Å². The molecule has 1 fully saturated rings. The lowest BCUT2D eigenvalue weighted by molar-refractivity contribution is -0.131. The van der Waals surface area contributed by atoms with Crippen LogP contribution in [0.3, 0.4) is 0 Å². The number of hydrogen-bond donors (Lipinski definition) is 0. The average molecular weight is 447 g/mol. The molecule has 2 aromatic rings. The molecule has 1 saturated heterocycles. The lowest BCUT2D eigenvalue weighted by Crippen LogP contribution is -2.57. The van der Waals surface area contributed by atoms with Crippen LogP contribution in [0.2, 0.25) is 5.02 Å². The number of carbonyl (C=O) groups is 1. The zero-order valence-electron chi connectivity index (χ0n) is 18.3. The zero-order chi connectivity index (χ0) is 22.5. The van der Waals surface area contributed by atoms with Gasteiger partial charge in [-0.05, 0) is 55.3 Å². The molecule has 1 aliphatic rings. The molecule has 166 valence electrons. The average Bonchev–Trinajstić information content (AvgIpc) is 2.75. The van der Waals surface area contributed by atoms with Crippen LogP contribution in [-0.4, -0.2) is 55.1 Å². The van der Waals surface area contributed by atoms with E-state index in [1.54, 1.807) is 43.5 Å². The maximum Gasteiger partial charge on any atom is 0.246 e. The van der Waals surface area contributed by atoms with E-state index in [9.17, 15) is 9.18 Å².